The van der Waals surface area contributed by atoms with Crippen LogP contribution in [-0.2, 0) is 19.1 Å². The van der Waals surface area contributed by atoms with E-state index in [2.05, 4.69) is 15.4 Å². The zero-order valence-corrected chi connectivity index (χ0v) is 22.8. The van der Waals surface area contributed by atoms with Crippen molar-refractivity contribution in [1.29, 1.82) is 0 Å². The van der Waals surface area contributed by atoms with Gasteiger partial charge in [0.1, 0.15) is 11.3 Å². The van der Waals surface area contributed by atoms with Crippen molar-refractivity contribution in [2.24, 2.45) is 0 Å². The Morgan fingerprint density at radius 3 is 2.35 bits per heavy atom. The highest BCUT2D eigenvalue weighted by Gasteiger charge is 2.37. The van der Waals surface area contributed by atoms with Crippen molar-refractivity contribution in [3.05, 3.63) is 92.4 Å². The van der Waals surface area contributed by atoms with Gasteiger partial charge >= 0.3 is 12.0 Å². The smallest absolute Gasteiger partial charge is 0.337 e. The van der Waals surface area contributed by atoms with Crippen LogP contribution in [-0.4, -0.2) is 43.4 Å². The molecular weight excluding hydrogens is 585 g/mol. The standard InChI is InChI=1S/C27H18Cl3N3O7/c1-39-26(37)14-2-6-18(7-3-14)33-25(36)19(24(35)32-27(33)38)11-15-10-16(28)4-9-22(15)40-13-23(34)31-17-5-8-20(29)21(30)12-17/h2-12H,13H2,1H3,(H,31,34)(H,32,35,38)/b19-11-. The molecule has 0 bridgehead atoms. The Kier molecular flexibility index (Phi) is 8.73. The van der Waals surface area contributed by atoms with E-state index in [0.717, 1.165) is 4.90 Å². The van der Waals surface area contributed by atoms with Crippen LogP contribution in [0.5, 0.6) is 5.75 Å². The van der Waals surface area contributed by atoms with Crippen LogP contribution in [0.15, 0.2) is 66.2 Å². The fourth-order valence-corrected chi connectivity index (χ4v) is 4.07. The SMILES string of the molecule is COC(=O)c1ccc(N2C(=O)NC(=O)/C(=C/c3cc(Cl)ccc3OCC(=O)Nc3ccc(Cl)c(Cl)c3)C2=O)cc1. The van der Waals surface area contributed by atoms with Gasteiger partial charge in [-0.25, -0.2) is 14.5 Å². The maximum Gasteiger partial charge on any atom is 0.337 e. The van der Waals surface area contributed by atoms with Crippen LogP contribution in [0.25, 0.3) is 6.08 Å². The number of halogens is 3. The van der Waals surface area contributed by atoms with Gasteiger partial charge in [-0.3, -0.25) is 19.7 Å². The van der Waals surface area contributed by atoms with E-state index >= 15 is 0 Å². The zero-order valence-electron chi connectivity index (χ0n) is 20.5. The predicted octanol–water partition coefficient (Wildman–Crippen LogP) is 5.12. The number of rotatable bonds is 7. The minimum absolute atomic E-state index is 0.107. The van der Waals surface area contributed by atoms with Crippen LogP contribution in [0.1, 0.15) is 15.9 Å². The molecule has 3 aromatic rings. The Hall–Kier alpha value is -4.38. The molecule has 1 aliphatic heterocycles. The van der Waals surface area contributed by atoms with Gasteiger partial charge in [-0.15, -0.1) is 0 Å². The number of carbonyl (C=O) groups excluding carboxylic acids is 5. The maximum absolute atomic E-state index is 13.3. The van der Waals surface area contributed by atoms with E-state index < -0.39 is 41.9 Å². The van der Waals surface area contributed by atoms with Crippen molar-refractivity contribution in [1.82, 2.24) is 5.32 Å². The number of imide groups is 2. The molecule has 1 saturated heterocycles. The Morgan fingerprint density at radius 1 is 0.950 bits per heavy atom. The lowest BCUT2D eigenvalue weighted by molar-refractivity contribution is -0.122. The fraction of sp³-hybridized carbons (Fsp3) is 0.0741. The van der Waals surface area contributed by atoms with Gasteiger partial charge in [-0.05, 0) is 66.7 Å². The second-order valence-electron chi connectivity index (χ2n) is 8.14. The number of carbonyl (C=O) groups is 5. The van der Waals surface area contributed by atoms with Crippen LogP contribution >= 0.6 is 34.8 Å². The molecule has 1 heterocycles. The van der Waals surface area contributed by atoms with Crippen LogP contribution in [0.2, 0.25) is 15.1 Å². The average Bonchev–Trinajstić information content (AvgIpc) is 2.92. The van der Waals surface area contributed by atoms with E-state index in [1.165, 1.54) is 67.8 Å². The first-order valence-electron chi connectivity index (χ1n) is 11.3. The molecule has 3 aromatic carbocycles. The largest absolute Gasteiger partial charge is 0.483 e. The van der Waals surface area contributed by atoms with Gasteiger partial charge in [0, 0.05) is 16.3 Å². The molecule has 0 aromatic heterocycles. The molecule has 0 spiro atoms. The molecule has 2 N–H and O–H groups in total. The zero-order chi connectivity index (χ0) is 29.0. The molecule has 0 atom stereocenters. The highest BCUT2D eigenvalue weighted by molar-refractivity contribution is 6.42. The molecule has 0 unspecified atom stereocenters. The summed E-state index contributed by atoms with van der Waals surface area (Å²) in [6.07, 6.45) is 1.19. The molecular formula is C27H18Cl3N3O7. The molecule has 5 amide bonds. The quantitative estimate of drug-likeness (QED) is 0.218. The Labute approximate surface area is 242 Å². The molecule has 1 fully saturated rings. The van der Waals surface area contributed by atoms with Gasteiger partial charge in [-0.2, -0.15) is 0 Å². The number of nitrogens with one attached hydrogen (secondary N) is 2. The molecule has 4 rings (SSSR count). The summed E-state index contributed by atoms with van der Waals surface area (Å²) in [6, 6.07) is 13.4. The number of nitrogens with zero attached hydrogens (tertiary/aromatic N) is 1. The number of hydrogen-bond acceptors (Lipinski definition) is 7. The third kappa shape index (κ3) is 6.42. The summed E-state index contributed by atoms with van der Waals surface area (Å²) in [7, 11) is 1.22. The van der Waals surface area contributed by atoms with E-state index in [4.69, 9.17) is 39.5 Å². The number of benzene rings is 3. The minimum Gasteiger partial charge on any atom is -0.483 e. The summed E-state index contributed by atoms with van der Waals surface area (Å²) >= 11 is 18.0. The molecule has 40 heavy (non-hydrogen) atoms. The summed E-state index contributed by atoms with van der Waals surface area (Å²) in [5, 5.41) is 5.56. The Morgan fingerprint density at radius 2 is 1.68 bits per heavy atom. The van der Waals surface area contributed by atoms with Gasteiger partial charge in [-0.1, -0.05) is 34.8 Å². The number of amides is 5. The van der Waals surface area contributed by atoms with Crippen molar-refractivity contribution in [2.75, 3.05) is 23.9 Å². The number of esters is 1. The average molecular weight is 603 g/mol. The van der Waals surface area contributed by atoms with E-state index in [9.17, 15) is 24.0 Å². The number of hydrogen-bond donors (Lipinski definition) is 2. The topological polar surface area (TPSA) is 131 Å². The second-order valence-corrected chi connectivity index (χ2v) is 9.40. The number of barbiturate groups is 1. The third-order valence-electron chi connectivity index (χ3n) is 5.48. The summed E-state index contributed by atoms with van der Waals surface area (Å²) in [4.78, 5) is 63.3. The first kappa shape index (κ1) is 28.6. The lowest BCUT2D eigenvalue weighted by Gasteiger charge is -2.26. The molecule has 13 heteroatoms. The first-order chi connectivity index (χ1) is 19.1. The molecule has 1 aliphatic rings. The van der Waals surface area contributed by atoms with Crippen molar-refractivity contribution in [3.63, 3.8) is 0 Å². The second kappa shape index (κ2) is 12.2. The number of ether oxygens (including phenoxy) is 2. The third-order valence-corrected chi connectivity index (χ3v) is 6.46. The van der Waals surface area contributed by atoms with Gasteiger partial charge in [0.05, 0.1) is 28.4 Å². The Balaban J connectivity index is 1.56. The minimum atomic E-state index is -0.973. The van der Waals surface area contributed by atoms with Crippen molar-refractivity contribution in [3.8, 4) is 5.75 Å². The maximum atomic E-state index is 13.3. The normalized spacial score (nSPS) is 14.2. The molecule has 0 aliphatic carbocycles. The van der Waals surface area contributed by atoms with Gasteiger partial charge in [0.25, 0.3) is 17.7 Å². The molecule has 204 valence electrons. The van der Waals surface area contributed by atoms with Crippen LogP contribution in [0.3, 0.4) is 0 Å². The number of urea groups is 1. The van der Waals surface area contributed by atoms with Crippen LogP contribution in [0, 0.1) is 0 Å². The highest BCUT2D eigenvalue weighted by atomic mass is 35.5. The summed E-state index contributed by atoms with van der Waals surface area (Å²) in [5.41, 5.74) is 0.505. The highest BCUT2D eigenvalue weighted by Crippen LogP contribution is 2.29. The monoisotopic (exact) mass is 601 g/mol. The van der Waals surface area contributed by atoms with E-state index in [-0.39, 0.29) is 32.6 Å². The summed E-state index contributed by atoms with van der Waals surface area (Å²) in [6.45, 7) is -0.435. The molecule has 0 saturated carbocycles. The number of anilines is 2. The lowest BCUT2D eigenvalue weighted by Crippen LogP contribution is -2.54. The van der Waals surface area contributed by atoms with Gasteiger partial charge in [0.15, 0.2) is 6.61 Å². The van der Waals surface area contributed by atoms with Crippen LogP contribution in [0.4, 0.5) is 16.2 Å². The van der Waals surface area contributed by atoms with Crippen molar-refractivity contribution >= 4 is 82.0 Å². The van der Waals surface area contributed by atoms with Crippen molar-refractivity contribution < 1.29 is 33.4 Å². The van der Waals surface area contributed by atoms with Gasteiger partial charge in [0.2, 0.25) is 0 Å². The lowest BCUT2D eigenvalue weighted by atomic mass is 10.1. The van der Waals surface area contributed by atoms with E-state index in [1.807, 2.05) is 0 Å². The summed E-state index contributed by atoms with van der Waals surface area (Å²) < 4.78 is 10.3. The van der Waals surface area contributed by atoms with Crippen molar-refractivity contribution in [2.45, 2.75) is 0 Å². The Bertz CT molecular complexity index is 1570. The fourth-order valence-electron chi connectivity index (χ4n) is 3.59. The molecule has 0 radical (unpaired) electrons. The van der Waals surface area contributed by atoms with Crippen LogP contribution < -0.4 is 20.3 Å². The first-order valence-corrected chi connectivity index (χ1v) is 12.5. The predicted molar refractivity (Wildman–Crippen MR) is 149 cm³/mol. The molecule has 10 nitrogen and oxygen atoms in total. The van der Waals surface area contributed by atoms with Gasteiger partial charge < -0.3 is 14.8 Å². The van der Waals surface area contributed by atoms with E-state index in [0.29, 0.717) is 10.7 Å². The van der Waals surface area contributed by atoms with E-state index in [1.54, 1.807) is 6.07 Å². The number of methoxy groups -OCH3 is 1. The summed E-state index contributed by atoms with van der Waals surface area (Å²) in [5.74, 6) is -2.86.